The number of rotatable bonds is 1. The van der Waals surface area contributed by atoms with E-state index in [1.54, 1.807) is 0 Å². The monoisotopic (exact) mass is 245 g/mol. The minimum atomic E-state index is -4.42. The fourth-order valence-electron chi connectivity index (χ4n) is 1.73. The molecule has 1 aromatic carbocycles. The Morgan fingerprint density at radius 3 is 2.59 bits per heavy atom. The SMILES string of the molecule is O=C1COC(c2ccccc2C(F)(F)F)CN1. The van der Waals surface area contributed by atoms with Gasteiger partial charge in [-0.3, -0.25) is 4.79 Å². The molecule has 0 aliphatic carbocycles. The molecule has 1 N–H and O–H groups in total. The van der Waals surface area contributed by atoms with Gasteiger partial charge in [0.1, 0.15) is 12.7 Å². The predicted molar refractivity (Wildman–Crippen MR) is 53.1 cm³/mol. The number of hydrogen-bond acceptors (Lipinski definition) is 2. The number of carbonyl (C=O) groups is 1. The van der Waals surface area contributed by atoms with Gasteiger partial charge in [0.15, 0.2) is 0 Å². The number of amides is 1. The minimum Gasteiger partial charge on any atom is -0.362 e. The first kappa shape index (κ1) is 11.9. The molecule has 1 aliphatic heterocycles. The highest BCUT2D eigenvalue weighted by Gasteiger charge is 2.36. The highest BCUT2D eigenvalue weighted by atomic mass is 19.4. The summed E-state index contributed by atoms with van der Waals surface area (Å²) < 4.78 is 43.3. The van der Waals surface area contributed by atoms with E-state index in [-0.39, 0.29) is 24.6 Å². The van der Waals surface area contributed by atoms with Crippen molar-refractivity contribution in [2.24, 2.45) is 0 Å². The van der Waals surface area contributed by atoms with Crippen LogP contribution >= 0.6 is 0 Å². The molecule has 0 saturated carbocycles. The summed E-state index contributed by atoms with van der Waals surface area (Å²) in [4.78, 5) is 10.9. The van der Waals surface area contributed by atoms with Crippen LogP contribution in [0.2, 0.25) is 0 Å². The average Bonchev–Trinajstić information content (AvgIpc) is 2.29. The van der Waals surface area contributed by atoms with E-state index in [2.05, 4.69) is 5.32 Å². The van der Waals surface area contributed by atoms with Crippen molar-refractivity contribution in [3.8, 4) is 0 Å². The fourth-order valence-corrected chi connectivity index (χ4v) is 1.73. The van der Waals surface area contributed by atoms with E-state index in [0.717, 1.165) is 6.07 Å². The van der Waals surface area contributed by atoms with Crippen molar-refractivity contribution in [3.05, 3.63) is 35.4 Å². The largest absolute Gasteiger partial charge is 0.416 e. The summed E-state index contributed by atoms with van der Waals surface area (Å²) in [5, 5.41) is 2.48. The Labute approximate surface area is 95.6 Å². The first-order valence-electron chi connectivity index (χ1n) is 5.03. The van der Waals surface area contributed by atoms with Crippen LogP contribution in [0.15, 0.2) is 24.3 Å². The third-order valence-corrected chi connectivity index (χ3v) is 2.51. The second-order valence-corrected chi connectivity index (χ2v) is 3.69. The standard InChI is InChI=1S/C11H10F3NO2/c12-11(13,14)8-4-2-1-3-7(8)9-5-15-10(16)6-17-9/h1-4,9H,5-6H2,(H,15,16). The van der Waals surface area contributed by atoms with Crippen molar-refractivity contribution < 1.29 is 22.7 Å². The number of ether oxygens (including phenoxy) is 1. The van der Waals surface area contributed by atoms with Gasteiger partial charge in [-0.05, 0) is 11.6 Å². The van der Waals surface area contributed by atoms with Crippen molar-refractivity contribution in [2.75, 3.05) is 13.2 Å². The van der Waals surface area contributed by atoms with E-state index < -0.39 is 17.8 Å². The number of carbonyl (C=O) groups excluding carboxylic acids is 1. The number of benzene rings is 1. The maximum absolute atomic E-state index is 12.7. The van der Waals surface area contributed by atoms with E-state index in [4.69, 9.17) is 4.74 Å². The van der Waals surface area contributed by atoms with E-state index in [0.29, 0.717) is 0 Å². The summed E-state index contributed by atoms with van der Waals surface area (Å²) in [6.45, 7) is -0.150. The summed E-state index contributed by atoms with van der Waals surface area (Å²) in [6, 6.07) is 5.22. The van der Waals surface area contributed by atoms with Gasteiger partial charge >= 0.3 is 6.18 Å². The van der Waals surface area contributed by atoms with Crippen LogP contribution in [0.4, 0.5) is 13.2 Å². The van der Waals surface area contributed by atoms with Gasteiger partial charge in [-0.2, -0.15) is 13.2 Å². The molecule has 17 heavy (non-hydrogen) atoms. The Balaban J connectivity index is 2.29. The summed E-state index contributed by atoms with van der Waals surface area (Å²) >= 11 is 0. The quantitative estimate of drug-likeness (QED) is 0.820. The van der Waals surface area contributed by atoms with E-state index in [1.807, 2.05) is 0 Å². The zero-order chi connectivity index (χ0) is 12.5. The molecule has 1 unspecified atom stereocenters. The van der Waals surface area contributed by atoms with E-state index in [9.17, 15) is 18.0 Å². The van der Waals surface area contributed by atoms with Gasteiger partial charge in [-0.1, -0.05) is 18.2 Å². The molecule has 2 rings (SSSR count). The maximum atomic E-state index is 12.7. The lowest BCUT2D eigenvalue weighted by molar-refractivity contribution is -0.141. The molecule has 1 heterocycles. The zero-order valence-corrected chi connectivity index (χ0v) is 8.75. The molecule has 1 amide bonds. The summed E-state index contributed by atoms with van der Waals surface area (Å²) in [5.74, 6) is -0.314. The van der Waals surface area contributed by atoms with Crippen molar-refractivity contribution in [1.29, 1.82) is 0 Å². The summed E-state index contributed by atoms with van der Waals surface area (Å²) in [7, 11) is 0. The van der Waals surface area contributed by atoms with Crippen LogP contribution < -0.4 is 5.32 Å². The van der Waals surface area contributed by atoms with E-state index >= 15 is 0 Å². The smallest absolute Gasteiger partial charge is 0.362 e. The zero-order valence-electron chi connectivity index (χ0n) is 8.75. The fraction of sp³-hybridized carbons (Fsp3) is 0.364. The molecule has 6 heteroatoms. The normalized spacial score (nSPS) is 21.1. The van der Waals surface area contributed by atoms with Crippen LogP contribution in [0.25, 0.3) is 0 Å². The summed E-state index contributed by atoms with van der Waals surface area (Å²) in [6.07, 6.45) is -5.16. The first-order valence-corrected chi connectivity index (χ1v) is 5.03. The van der Waals surface area contributed by atoms with Crippen molar-refractivity contribution in [2.45, 2.75) is 12.3 Å². The van der Waals surface area contributed by atoms with Gasteiger partial charge in [0.05, 0.1) is 5.56 Å². The van der Waals surface area contributed by atoms with Crippen LogP contribution in [-0.2, 0) is 15.7 Å². The predicted octanol–water partition coefficient (Wildman–Crippen LogP) is 1.89. The van der Waals surface area contributed by atoms with Gasteiger partial charge in [0.25, 0.3) is 0 Å². The molecular formula is C11H10F3NO2. The molecule has 1 aromatic rings. The Morgan fingerprint density at radius 2 is 2.00 bits per heavy atom. The Hall–Kier alpha value is -1.56. The molecule has 1 aliphatic rings. The lowest BCUT2D eigenvalue weighted by Gasteiger charge is -2.25. The molecule has 1 saturated heterocycles. The molecule has 0 aromatic heterocycles. The Morgan fingerprint density at radius 1 is 1.29 bits per heavy atom. The van der Waals surface area contributed by atoms with Gasteiger partial charge in [0, 0.05) is 6.54 Å². The number of hydrogen-bond donors (Lipinski definition) is 1. The number of morpholine rings is 1. The van der Waals surface area contributed by atoms with Gasteiger partial charge in [0.2, 0.25) is 5.91 Å². The van der Waals surface area contributed by atoms with Crippen LogP contribution in [0.3, 0.4) is 0 Å². The third kappa shape index (κ3) is 2.58. The minimum absolute atomic E-state index is 0.0556. The number of halogens is 3. The highest BCUT2D eigenvalue weighted by molar-refractivity contribution is 5.77. The van der Waals surface area contributed by atoms with Crippen molar-refractivity contribution in [1.82, 2.24) is 5.32 Å². The van der Waals surface area contributed by atoms with Gasteiger partial charge < -0.3 is 10.1 Å². The molecule has 0 spiro atoms. The topological polar surface area (TPSA) is 38.3 Å². The maximum Gasteiger partial charge on any atom is 0.416 e. The molecule has 3 nitrogen and oxygen atoms in total. The first-order chi connectivity index (χ1) is 7.98. The van der Waals surface area contributed by atoms with Gasteiger partial charge in [-0.15, -0.1) is 0 Å². The van der Waals surface area contributed by atoms with E-state index in [1.165, 1.54) is 18.2 Å². The number of nitrogens with one attached hydrogen (secondary N) is 1. The summed E-state index contributed by atoms with van der Waals surface area (Å²) in [5.41, 5.74) is -0.666. The van der Waals surface area contributed by atoms with Crippen LogP contribution in [0.5, 0.6) is 0 Å². The Bertz CT molecular complexity index is 421. The molecule has 0 bridgehead atoms. The molecular weight excluding hydrogens is 235 g/mol. The second kappa shape index (κ2) is 4.37. The lowest BCUT2D eigenvalue weighted by Crippen LogP contribution is -2.39. The molecule has 92 valence electrons. The second-order valence-electron chi connectivity index (χ2n) is 3.69. The van der Waals surface area contributed by atoms with Crippen molar-refractivity contribution >= 4 is 5.91 Å². The van der Waals surface area contributed by atoms with Crippen LogP contribution in [0.1, 0.15) is 17.2 Å². The third-order valence-electron chi connectivity index (χ3n) is 2.51. The lowest BCUT2D eigenvalue weighted by atomic mass is 10.0. The van der Waals surface area contributed by atoms with Crippen LogP contribution in [0, 0.1) is 0 Å². The van der Waals surface area contributed by atoms with Crippen molar-refractivity contribution in [3.63, 3.8) is 0 Å². The molecule has 1 fully saturated rings. The molecule has 0 radical (unpaired) electrons. The highest BCUT2D eigenvalue weighted by Crippen LogP contribution is 2.35. The van der Waals surface area contributed by atoms with Crippen LogP contribution in [-0.4, -0.2) is 19.1 Å². The Kier molecular flexibility index (Phi) is 3.06. The average molecular weight is 245 g/mol. The van der Waals surface area contributed by atoms with Gasteiger partial charge in [-0.25, -0.2) is 0 Å². The molecule has 1 atom stereocenters. The number of alkyl halides is 3.